The van der Waals surface area contributed by atoms with Gasteiger partial charge in [-0.2, -0.15) is 0 Å². The van der Waals surface area contributed by atoms with Crippen LogP contribution in [-0.4, -0.2) is 39.8 Å². The van der Waals surface area contributed by atoms with Crippen molar-refractivity contribution >= 4 is 17.6 Å². The van der Waals surface area contributed by atoms with Gasteiger partial charge in [0.05, 0.1) is 0 Å². The molecule has 23 heavy (non-hydrogen) atoms. The number of amides is 2. The number of carbonyl (C=O) groups excluding carboxylic acids is 2. The summed E-state index contributed by atoms with van der Waals surface area (Å²) in [6, 6.07) is 7.30. The van der Waals surface area contributed by atoms with Gasteiger partial charge in [-0.1, -0.05) is 6.07 Å². The molecule has 0 aliphatic rings. The first-order valence-electron chi connectivity index (χ1n) is 7.52. The maximum absolute atomic E-state index is 12.2. The molecule has 6 nitrogen and oxygen atoms in total. The summed E-state index contributed by atoms with van der Waals surface area (Å²) in [5, 5.41) is 2.53. The number of anilines is 1. The lowest BCUT2D eigenvalue weighted by atomic mass is 10.2. The minimum atomic E-state index is -0.669. The van der Waals surface area contributed by atoms with Crippen molar-refractivity contribution in [3.8, 4) is 0 Å². The number of rotatable bonds is 5. The third kappa shape index (κ3) is 4.88. The topological polar surface area (TPSA) is 75.2 Å². The van der Waals surface area contributed by atoms with Crippen molar-refractivity contribution < 1.29 is 9.59 Å². The number of aryl methyl sites for hydroxylation is 1. The van der Waals surface area contributed by atoms with Gasteiger partial charge in [-0.15, -0.1) is 0 Å². The molecule has 2 aromatic heterocycles. The van der Waals surface area contributed by atoms with Gasteiger partial charge in [0.25, 0.3) is 0 Å². The molecule has 0 spiro atoms. The second-order valence-corrected chi connectivity index (χ2v) is 5.17. The van der Waals surface area contributed by atoms with Crippen LogP contribution in [0, 0.1) is 6.92 Å². The summed E-state index contributed by atoms with van der Waals surface area (Å²) in [5.74, 6) is -0.846. The average Bonchev–Trinajstić information content (AvgIpc) is 2.58. The molecule has 0 aliphatic heterocycles. The van der Waals surface area contributed by atoms with E-state index in [9.17, 15) is 9.59 Å². The highest BCUT2D eigenvalue weighted by Crippen LogP contribution is 2.05. The van der Waals surface area contributed by atoms with Crippen molar-refractivity contribution in [2.45, 2.75) is 20.3 Å². The van der Waals surface area contributed by atoms with E-state index in [-0.39, 0.29) is 0 Å². The number of hydrogen-bond donors (Lipinski definition) is 1. The van der Waals surface area contributed by atoms with Gasteiger partial charge in [0.1, 0.15) is 5.82 Å². The van der Waals surface area contributed by atoms with Crippen LogP contribution in [-0.2, 0) is 16.0 Å². The van der Waals surface area contributed by atoms with E-state index in [1.54, 1.807) is 24.7 Å². The first-order chi connectivity index (χ1) is 11.1. The molecule has 0 unspecified atom stereocenters. The van der Waals surface area contributed by atoms with Crippen LogP contribution in [0.5, 0.6) is 0 Å². The fourth-order valence-electron chi connectivity index (χ4n) is 2.07. The number of nitrogens with zero attached hydrogens (tertiary/aromatic N) is 3. The highest BCUT2D eigenvalue weighted by atomic mass is 16.2. The molecule has 0 radical (unpaired) electrons. The first-order valence-corrected chi connectivity index (χ1v) is 7.52. The average molecular weight is 312 g/mol. The first kappa shape index (κ1) is 16.6. The molecule has 0 saturated carbocycles. The molecule has 2 amide bonds. The predicted molar refractivity (Wildman–Crippen MR) is 87.8 cm³/mol. The van der Waals surface area contributed by atoms with Crippen LogP contribution in [0.1, 0.15) is 18.1 Å². The van der Waals surface area contributed by atoms with Gasteiger partial charge < -0.3 is 10.2 Å². The standard InChI is InChI=1S/C17H20N4O2/c1-3-21(11-8-14-6-9-18-10-7-14)17(23)16(22)20-15-5-4-13(2)12-19-15/h4-7,9-10,12H,3,8,11H2,1-2H3,(H,19,20,22). The zero-order chi connectivity index (χ0) is 16.7. The van der Waals surface area contributed by atoms with Crippen molar-refractivity contribution in [3.05, 3.63) is 54.0 Å². The monoisotopic (exact) mass is 312 g/mol. The summed E-state index contributed by atoms with van der Waals surface area (Å²) in [6.07, 6.45) is 5.74. The Balaban J connectivity index is 1.93. The van der Waals surface area contributed by atoms with Crippen molar-refractivity contribution in [2.75, 3.05) is 18.4 Å². The molecular formula is C17H20N4O2. The Morgan fingerprint density at radius 2 is 1.91 bits per heavy atom. The number of likely N-dealkylation sites (N-methyl/N-ethyl adjacent to an activating group) is 1. The molecule has 6 heteroatoms. The largest absolute Gasteiger partial charge is 0.334 e. The molecule has 1 N–H and O–H groups in total. The van der Waals surface area contributed by atoms with Crippen LogP contribution in [0.15, 0.2) is 42.9 Å². The van der Waals surface area contributed by atoms with Crippen LogP contribution in [0.2, 0.25) is 0 Å². The summed E-state index contributed by atoms with van der Waals surface area (Å²) in [7, 11) is 0. The molecule has 0 bridgehead atoms. The maximum Gasteiger partial charge on any atom is 0.315 e. The number of nitrogens with one attached hydrogen (secondary N) is 1. The molecule has 0 aromatic carbocycles. The Kier molecular flexibility index (Phi) is 5.80. The number of pyridine rings is 2. The minimum absolute atomic E-state index is 0.374. The Bertz CT molecular complexity index is 656. The lowest BCUT2D eigenvalue weighted by molar-refractivity contribution is -0.143. The predicted octanol–water partition coefficient (Wildman–Crippen LogP) is 1.81. The van der Waals surface area contributed by atoms with Crippen molar-refractivity contribution in [1.82, 2.24) is 14.9 Å². The molecule has 0 saturated heterocycles. The summed E-state index contributed by atoms with van der Waals surface area (Å²) in [5.41, 5.74) is 2.06. The normalized spacial score (nSPS) is 10.2. The Morgan fingerprint density at radius 1 is 1.17 bits per heavy atom. The van der Waals surface area contributed by atoms with E-state index < -0.39 is 11.8 Å². The van der Waals surface area contributed by atoms with Crippen LogP contribution >= 0.6 is 0 Å². The van der Waals surface area contributed by atoms with Crippen molar-refractivity contribution in [3.63, 3.8) is 0 Å². The lowest BCUT2D eigenvalue weighted by Crippen LogP contribution is -2.40. The van der Waals surface area contributed by atoms with Crippen LogP contribution in [0.3, 0.4) is 0 Å². The summed E-state index contributed by atoms with van der Waals surface area (Å²) in [4.78, 5) is 33.8. The molecule has 0 aliphatic carbocycles. The van der Waals surface area contributed by atoms with Crippen molar-refractivity contribution in [1.29, 1.82) is 0 Å². The highest BCUT2D eigenvalue weighted by Gasteiger charge is 2.20. The fourth-order valence-corrected chi connectivity index (χ4v) is 2.07. The third-order valence-corrected chi connectivity index (χ3v) is 3.44. The maximum atomic E-state index is 12.2. The van der Waals surface area contributed by atoms with Gasteiger partial charge in [0.2, 0.25) is 0 Å². The van der Waals surface area contributed by atoms with Crippen LogP contribution in [0.25, 0.3) is 0 Å². The SMILES string of the molecule is CCN(CCc1ccncc1)C(=O)C(=O)Nc1ccc(C)cn1. The third-order valence-electron chi connectivity index (χ3n) is 3.44. The zero-order valence-electron chi connectivity index (χ0n) is 13.3. The molecule has 120 valence electrons. The highest BCUT2D eigenvalue weighted by molar-refractivity contribution is 6.39. The quantitative estimate of drug-likeness (QED) is 0.855. The molecule has 2 aromatic rings. The Hall–Kier alpha value is -2.76. The van der Waals surface area contributed by atoms with E-state index in [1.165, 1.54) is 4.90 Å². The van der Waals surface area contributed by atoms with Gasteiger partial charge in [-0.05, 0) is 49.6 Å². The second-order valence-electron chi connectivity index (χ2n) is 5.17. The summed E-state index contributed by atoms with van der Waals surface area (Å²) >= 11 is 0. The number of carbonyl (C=O) groups is 2. The number of hydrogen-bond acceptors (Lipinski definition) is 4. The van der Waals surface area contributed by atoms with E-state index in [4.69, 9.17) is 0 Å². The van der Waals surface area contributed by atoms with Gasteiger partial charge in [-0.3, -0.25) is 14.6 Å². The van der Waals surface area contributed by atoms with E-state index >= 15 is 0 Å². The molecule has 2 rings (SSSR count). The summed E-state index contributed by atoms with van der Waals surface area (Å²) in [6.45, 7) is 4.70. The van der Waals surface area contributed by atoms with E-state index in [0.717, 1.165) is 11.1 Å². The van der Waals surface area contributed by atoms with Gasteiger partial charge in [0, 0.05) is 31.7 Å². The van der Waals surface area contributed by atoms with Gasteiger partial charge >= 0.3 is 11.8 Å². The van der Waals surface area contributed by atoms with Gasteiger partial charge in [-0.25, -0.2) is 4.98 Å². The Morgan fingerprint density at radius 3 is 2.52 bits per heavy atom. The minimum Gasteiger partial charge on any atom is -0.334 e. The molecule has 2 heterocycles. The van der Waals surface area contributed by atoms with Crippen LogP contribution in [0.4, 0.5) is 5.82 Å². The molecular weight excluding hydrogens is 292 g/mol. The lowest BCUT2D eigenvalue weighted by Gasteiger charge is -2.20. The molecule has 0 atom stereocenters. The smallest absolute Gasteiger partial charge is 0.315 e. The van der Waals surface area contributed by atoms with E-state index in [0.29, 0.717) is 25.3 Å². The second kappa shape index (κ2) is 8.03. The molecule has 0 fully saturated rings. The van der Waals surface area contributed by atoms with Gasteiger partial charge in [0.15, 0.2) is 0 Å². The summed E-state index contributed by atoms with van der Waals surface area (Å²) < 4.78 is 0. The van der Waals surface area contributed by atoms with Crippen LogP contribution < -0.4 is 5.32 Å². The van der Waals surface area contributed by atoms with E-state index in [2.05, 4.69) is 15.3 Å². The van der Waals surface area contributed by atoms with E-state index in [1.807, 2.05) is 32.0 Å². The Labute approximate surface area is 135 Å². The van der Waals surface area contributed by atoms with Crippen molar-refractivity contribution in [2.24, 2.45) is 0 Å². The number of aromatic nitrogens is 2. The zero-order valence-corrected chi connectivity index (χ0v) is 13.3. The fraction of sp³-hybridized carbons (Fsp3) is 0.294.